The van der Waals surface area contributed by atoms with Gasteiger partial charge in [-0.3, -0.25) is 7.32 Å². The first kappa shape index (κ1) is 101. The van der Waals surface area contributed by atoms with E-state index in [1.165, 1.54) is 292 Å². The van der Waals surface area contributed by atoms with Crippen LogP contribution in [0.25, 0.3) is 0 Å². The van der Waals surface area contributed by atoms with E-state index in [-0.39, 0.29) is 16.2 Å². The second kappa shape index (κ2) is 49.9. The molecule has 0 heterocycles. The van der Waals surface area contributed by atoms with E-state index in [9.17, 15) is 0 Å². The summed E-state index contributed by atoms with van der Waals surface area (Å²) in [7, 11) is -2.92. The lowest BCUT2D eigenvalue weighted by atomic mass is 9.68. The average molecular weight is 1700 g/mol. The highest BCUT2D eigenvalue weighted by atomic mass is 16.5. The van der Waals surface area contributed by atoms with Crippen LogP contribution in [0.4, 0.5) is 68.2 Å². The Morgan fingerprint density at radius 1 is 0.173 bits per heavy atom. The third-order valence-electron chi connectivity index (χ3n) is 27.9. The van der Waals surface area contributed by atoms with Gasteiger partial charge in [-0.1, -0.05) is 396 Å². The Hall–Kier alpha value is -9.54. The van der Waals surface area contributed by atoms with Crippen molar-refractivity contribution in [3.05, 3.63) is 358 Å². The molecule has 0 aliphatic carbocycles. The Morgan fingerprint density at radius 2 is 0.276 bits per heavy atom. The standard InChI is InChI=1S/3C40H52N.BO3/c3*1-7-10-29-40(30-11-8-2,31-12-9-3)35-24-16-20-28-39(35)41(36-25-17-13-21-32(36)4,37-26-18-14-22-33(37)5)38-27-19-15-23-34(38)6;2-1(3)4/h3*13-28H,7-12,29-31H2,1-6H3;/q3*+1;-3. The van der Waals surface area contributed by atoms with Gasteiger partial charge >= 0.3 is 0 Å². The molecule has 0 atom stereocenters. The monoisotopic (exact) mass is 1700 g/mol. The average Bonchev–Trinajstić information content (AvgIpc) is 0.718. The van der Waals surface area contributed by atoms with Gasteiger partial charge in [0.15, 0.2) is 68.2 Å². The van der Waals surface area contributed by atoms with E-state index >= 15 is 0 Å². The molecule has 6 nitrogen and oxygen atoms in total. The quantitative estimate of drug-likeness (QED) is 0.0283. The van der Waals surface area contributed by atoms with E-state index in [2.05, 4.69) is 416 Å². The number of hydrogen-bond acceptors (Lipinski definition) is 3. The Kier molecular flexibility index (Phi) is 39.7. The molecule has 672 valence electrons. The number of hydrogen-bond donors (Lipinski definition) is 0. The lowest BCUT2D eigenvalue weighted by Crippen LogP contribution is -2.56. The van der Waals surface area contributed by atoms with Gasteiger partial charge in [0.1, 0.15) is 0 Å². The van der Waals surface area contributed by atoms with Gasteiger partial charge in [-0.15, -0.1) is 0 Å². The van der Waals surface area contributed by atoms with Crippen molar-refractivity contribution < 1.29 is 15.1 Å². The molecule has 12 aromatic carbocycles. The fourth-order valence-corrected chi connectivity index (χ4v) is 21.4. The summed E-state index contributed by atoms with van der Waals surface area (Å²) in [5, 5.41) is 25.2. The Morgan fingerprint density at radius 3 is 0.386 bits per heavy atom. The number of benzene rings is 12. The van der Waals surface area contributed by atoms with E-state index in [1.54, 1.807) is 16.7 Å². The first-order valence-electron chi connectivity index (χ1n) is 49.1. The van der Waals surface area contributed by atoms with Crippen molar-refractivity contribution in [2.24, 2.45) is 0 Å². The van der Waals surface area contributed by atoms with Crippen molar-refractivity contribution >= 4 is 75.6 Å². The molecular formula is C120H156BN3O3. The van der Waals surface area contributed by atoms with Crippen LogP contribution >= 0.6 is 0 Å². The maximum atomic E-state index is 8.42. The fraction of sp³-hybridized carbons (Fsp3) is 0.400. The molecule has 12 aromatic rings. The molecule has 0 aromatic heterocycles. The van der Waals surface area contributed by atoms with Crippen LogP contribution in [-0.2, 0) is 16.2 Å². The van der Waals surface area contributed by atoms with Crippen LogP contribution < -0.4 is 28.5 Å². The molecule has 0 aliphatic rings. The summed E-state index contributed by atoms with van der Waals surface area (Å²) >= 11 is 0. The van der Waals surface area contributed by atoms with E-state index < -0.39 is 7.32 Å². The van der Waals surface area contributed by atoms with E-state index in [1.807, 2.05) is 0 Å². The molecular weight excluding hydrogens is 1540 g/mol. The summed E-state index contributed by atoms with van der Waals surface area (Å²) in [5.41, 5.74) is 33.1. The highest BCUT2D eigenvalue weighted by Gasteiger charge is 2.51. The van der Waals surface area contributed by atoms with Crippen molar-refractivity contribution in [2.45, 2.75) is 314 Å². The van der Waals surface area contributed by atoms with Gasteiger partial charge in [0.2, 0.25) is 0 Å². The number of aryl methyl sites for hydroxylation is 9. The molecule has 0 amide bonds. The fourth-order valence-electron chi connectivity index (χ4n) is 21.4. The summed E-state index contributed by atoms with van der Waals surface area (Å²) in [6.45, 7) is 41.8. The first-order valence-corrected chi connectivity index (χ1v) is 49.1. The van der Waals surface area contributed by atoms with E-state index in [0.717, 1.165) is 0 Å². The molecule has 12 rings (SSSR count). The van der Waals surface area contributed by atoms with Gasteiger partial charge in [-0.2, -0.15) is 13.4 Å². The highest BCUT2D eigenvalue weighted by molar-refractivity contribution is 6.24. The third kappa shape index (κ3) is 23.0. The molecule has 0 unspecified atom stereocenters. The van der Waals surface area contributed by atoms with Gasteiger partial charge in [0, 0.05) is 156 Å². The van der Waals surface area contributed by atoms with Crippen LogP contribution in [0.5, 0.6) is 0 Å². The van der Waals surface area contributed by atoms with Crippen LogP contribution in [-0.4, -0.2) is 7.32 Å². The first-order chi connectivity index (χ1) is 61.6. The Labute approximate surface area is 771 Å². The molecule has 7 heteroatoms. The Bertz CT molecular complexity index is 4390. The minimum Gasteiger partial charge on any atom is -0.907 e. The van der Waals surface area contributed by atoms with Crippen LogP contribution in [0.3, 0.4) is 0 Å². The molecule has 0 aliphatic heterocycles. The predicted molar refractivity (Wildman–Crippen MR) is 549 cm³/mol. The normalized spacial score (nSPS) is 11.9. The molecule has 127 heavy (non-hydrogen) atoms. The zero-order valence-electron chi connectivity index (χ0n) is 81.4. The lowest BCUT2D eigenvalue weighted by Gasteiger charge is -2.44. The van der Waals surface area contributed by atoms with Crippen LogP contribution in [0.2, 0.25) is 0 Å². The largest absolute Gasteiger partial charge is 0.907 e. The lowest BCUT2D eigenvalue weighted by molar-refractivity contribution is -0.479. The minimum absolute atomic E-state index is 0.149. The molecule has 0 saturated heterocycles. The number of para-hydroxylation sites is 12. The van der Waals surface area contributed by atoms with Gasteiger partial charge in [-0.05, 0) is 120 Å². The van der Waals surface area contributed by atoms with Crippen molar-refractivity contribution in [1.82, 2.24) is 13.4 Å². The van der Waals surface area contributed by atoms with Crippen molar-refractivity contribution in [3.8, 4) is 0 Å². The summed E-state index contributed by atoms with van der Waals surface area (Å²) in [5.74, 6) is 0. The van der Waals surface area contributed by atoms with Gasteiger partial charge in [0.05, 0.1) is 0 Å². The SMILES string of the molecule is CCCCC(CCCC)(CCCC)c1ccccc1[N+](c1ccccc1C)(c1ccccc1C)c1ccccc1C.CCCCC(CCCC)(CCCC)c1ccccc1[N+](c1ccccc1C)(c1ccccc1C)c1ccccc1C.CCCCC(CCCC)(CCCC)c1ccccc1[N+](c1ccccc1C)(c1ccccc1C)c1ccccc1C.[O-]B([O-])[O-]. The van der Waals surface area contributed by atoms with Crippen LogP contribution in [0.15, 0.2) is 291 Å². The highest BCUT2D eigenvalue weighted by Crippen LogP contribution is 2.63. The van der Waals surface area contributed by atoms with Crippen molar-refractivity contribution in [2.75, 3.05) is 0 Å². The summed E-state index contributed by atoms with van der Waals surface area (Å²) in [4.78, 5) is 0. The van der Waals surface area contributed by atoms with Crippen LogP contribution in [0, 0.1) is 62.3 Å². The van der Waals surface area contributed by atoms with Crippen molar-refractivity contribution in [3.63, 3.8) is 0 Å². The smallest absolute Gasteiger partial charge is 0.151 e. The second-order valence-electron chi connectivity index (χ2n) is 36.7. The summed E-state index contributed by atoms with van der Waals surface area (Å²) < 4.78 is 1.82. The molecule has 0 radical (unpaired) electrons. The maximum absolute atomic E-state index is 8.42. The molecule has 0 N–H and O–H groups in total. The van der Waals surface area contributed by atoms with Gasteiger partial charge < -0.3 is 15.1 Å². The summed E-state index contributed by atoms with van der Waals surface area (Å²) in [6, 6.07) is 110. The second-order valence-corrected chi connectivity index (χ2v) is 36.7. The van der Waals surface area contributed by atoms with Crippen LogP contribution in [0.1, 0.15) is 302 Å². The van der Waals surface area contributed by atoms with Gasteiger partial charge in [0.25, 0.3) is 0 Å². The molecule has 0 fully saturated rings. The van der Waals surface area contributed by atoms with E-state index in [4.69, 9.17) is 15.1 Å². The minimum atomic E-state index is -2.92. The summed E-state index contributed by atoms with van der Waals surface area (Å²) in [6.07, 6.45) is 33.7. The topological polar surface area (TPSA) is 69.2 Å². The van der Waals surface area contributed by atoms with E-state index in [0.29, 0.717) is 13.4 Å². The van der Waals surface area contributed by atoms with Gasteiger partial charge in [-0.25, -0.2) is 0 Å². The maximum Gasteiger partial charge on any atom is 0.151 e. The predicted octanol–water partition coefficient (Wildman–Crippen LogP) is 34.2. The van der Waals surface area contributed by atoms with Crippen molar-refractivity contribution in [1.29, 1.82) is 0 Å². The number of unbranched alkanes of at least 4 members (excludes halogenated alkanes) is 9. The molecule has 0 bridgehead atoms. The zero-order valence-corrected chi connectivity index (χ0v) is 81.4. The zero-order chi connectivity index (χ0) is 91.5. The molecule has 0 saturated carbocycles. The third-order valence-corrected chi connectivity index (χ3v) is 27.9. The number of quaternary nitrogens is 3. The Balaban J connectivity index is 0.000000211. The number of rotatable bonds is 42. The molecule has 0 spiro atoms. The number of nitrogens with zero attached hydrogens (tertiary/aromatic N) is 3.